The van der Waals surface area contributed by atoms with Crippen LogP contribution >= 0.6 is 0 Å². The summed E-state index contributed by atoms with van der Waals surface area (Å²) < 4.78 is 5.58. The van der Waals surface area contributed by atoms with Crippen LogP contribution in [0, 0.1) is 5.92 Å². The first-order chi connectivity index (χ1) is 15.0. The molecule has 1 fully saturated rings. The van der Waals surface area contributed by atoms with Gasteiger partial charge in [-0.1, -0.05) is 56.3 Å². The highest BCUT2D eigenvalue weighted by Crippen LogP contribution is 2.19. The van der Waals surface area contributed by atoms with Gasteiger partial charge in [-0.25, -0.2) is 0 Å². The van der Waals surface area contributed by atoms with Crippen LogP contribution in [0.15, 0.2) is 54.6 Å². The van der Waals surface area contributed by atoms with E-state index in [0.29, 0.717) is 31.0 Å². The predicted molar refractivity (Wildman–Crippen MR) is 122 cm³/mol. The molecule has 0 unspecified atom stereocenters. The second-order valence-electron chi connectivity index (χ2n) is 8.21. The van der Waals surface area contributed by atoms with Crippen molar-refractivity contribution in [2.75, 3.05) is 32.8 Å². The summed E-state index contributed by atoms with van der Waals surface area (Å²) in [5, 5.41) is 2.96. The van der Waals surface area contributed by atoms with Crippen molar-refractivity contribution in [3.63, 3.8) is 0 Å². The zero-order chi connectivity index (χ0) is 22.2. The Bertz CT molecular complexity index is 861. The summed E-state index contributed by atoms with van der Waals surface area (Å²) in [5.74, 6) is 0.223. The molecule has 31 heavy (non-hydrogen) atoms. The number of hydrogen-bond acceptors (Lipinski definition) is 4. The van der Waals surface area contributed by atoms with Crippen molar-refractivity contribution < 1.29 is 14.3 Å². The lowest BCUT2D eigenvalue weighted by molar-refractivity contribution is -0.136. The summed E-state index contributed by atoms with van der Waals surface area (Å²) in [6, 6.07) is 16.9. The number of carbonyl (C=O) groups is 2. The van der Waals surface area contributed by atoms with Gasteiger partial charge in [-0.2, -0.15) is 0 Å². The van der Waals surface area contributed by atoms with Gasteiger partial charge < -0.3 is 15.0 Å². The molecule has 166 valence electrons. The van der Waals surface area contributed by atoms with E-state index in [9.17, 15) is 9.59 Å². The Balaban J connectivity index is 1.60. The molecule has 0 bridgehead atoms. The van der Waals surface area contributed by atoms with Crippen LogP contribution in [0.1, 0.15) is 36.7 Å². The van der Waals surface area contributed by atoms with Crippen LogP contribution in [-0.2, 0) is 11.3 Å². The topological polar surface area (TPSA) is 61.9 Å². The van der Waals surface area contributed by atoms with E-state index in [-0.39, 0.29) is 17.7 Å². The van der Waals surface area contributed by atoms with E-state index < -0.39 is 6.04 Å². The van der Waals surface area contributed by atoms with Gasteiger partial charge in [0, 0.05) is 32.7 Å². The van der Waals surface area contributed by atoms with Crippen LogP contribution < -0.4 is 10.1 Å². The van der Waals surface area contributed by atoms with Crippen molar-refractivity contribution in [2.24, 2.45) is 5.92 Å². The summed E-state index contributed by atoms with van der Waals surface area (Å²) in [7, 11) is 0. The SMILES string of the molecule is CCOc1ccccc1C(=O)N[C@H](C(=O)N1CCN(Cc2ccccc2)CC1)C(C)C. The van der Waals surface area contributed by atoms with Crippen LogP contribution in [-0.4, -0.2) is 60.4 Å². The first kappa shape index (κ1) is 22.8. The van der Waals surface area contributed by atoms with Gasteiger partial charge in [0.2, 0.25) is 5.91 Å². The number of nitrogens with one attached hydrogen (secondary N) is 1. The largest absolute Gasteiger partial charge is 0.493 e. The van der Waals surface area contributed by atoms with Crippen molar-refractivity contribution in [3.05, 3.63) is 65.7 Å². The van der Waals surface area contributed by atoms with Crippen molar-refractivity contribution >= 4 is 11.8 Å². The maximum Gasteiger partial charge on any atom is 0.255 e. The minimum atomic E-state index is -0.567. The lowest BCUT2D eigenvalue weighted by Gasteiger charge is -2.37. The summed E-state index contributed by atoms with van der Waals surface area (Å²) in [6.45, 7) is 10.2. The maximum atomic E-state index is 13.2. The summed E-state index contributed by atoms with van der Waals surface area (Å²) in [4.78, 5) is 30.4. The molecule has 0 spiro atoms. The molecule has 2 aromatic carbocycles. The Kier molecular flexibility index (Phi) is 8.06. The highest BCUT2D eigenvalue weighted by atomic mass is 16.5. The molecule has 1 aliphatic rings. The summed E-state index contributed by atoms with van der Waals surface area (Å²) in [6.07, 6.45) is 0. The van der Waals surface area contributed by atoms with Crippen LogP contribution in [0.3, 0.4) is 0 Å². The number of nitrogens with zero attached hydrogens (tertiary/aromatic N) is 2. The zero-order valence-electron chi connectivity index (χ0n) is 18.7. The first-order valence-electron chi connectivity index (χ1n) is 11.1. The van der Waals surface area contributed by atoms with Crippen molar-refractivity contribution in [1.29, 1.82) is 0 Å². The van der Waals surface area contributed by atoms with Gasteiger partial charge in [-0.15, -0.1) is 0 Å². The monoisotopic (exact) mass is 423 g/mol. The molecule has 1 saturated heterocycles. The minimum absolute atomic E-state index is 0.0157. The summed E-state index contributed by atoms with van der Waals surface area (Å²) >= 11 is 0. The van der Waals surface area contributed by atoms with Gasteiger partial charge in [-0.05, 0) is 30.5 Å². The molecule has 6 heteroatoms. The van der Waals surface area contributed by atoms with E-state index in [0.717, 1.165) is 19.6 Å². The molecule has 0 radical (unpaired) electrons. The average molecular weight is 424 g/mol. The van der Waals surface area contributed by atoms with Crippen molar-refractivity contribution in [1.82, 2.24) is 15.1 Å². The van der Waals surface area contributed by atoms with E-state index in [1.807, 2.05) is 37.8 Å². The second kappa shape index (κ2) is 11.0. The molecule has 1 N–H and O–H groups in total. The van der Waals surface area contributed by atoms with Gasteiger partial charge in [0.15, 0.2) is 0 Å². The molecule has 2 aromatic rings. The third-order valence-electron chi connectivity index (χ3n) is 5.58. The Morgan fingerprint density at radius 3 is 2.26 bits per heavy atom. The van der Waals surface area contributed by atoms with E-state index >= 15 is 0 Å². The first-order valence-corrected chi connectivity index (χ1v) is 11.1. The standard InChI is InChI=1S/C25H33N3O3/c1-4-31-22-13-9-8-12-21(22)24(29)26-23(19(2)3)25(30)28-16-14-27(15-17-28)18-20-10-6-5-7-11-20/h5-13,19,23H,4,14-18H2,1-3H3,(H,26,29)/t23-/m0/s1. The number of rotatable bonds is 8. The molecule has 0 saturated carbocycles. The number of amides is 2. The van der Waals surface area contributed by atoms with Crippen LogP contribution in [0.5, 0.6) is 5.75 Å². The fourth-order valence-corrected chi connectivity index (χ4v) is 3.83. The second-order valence-corrected chi connectivity index (χ2v) is 8.21. The molecule has 2 amide bonds. The van der Waals surface area contributed by atoms with E-state index in [2.05, 4.69) is 34.5 Å². The van der Waals surface area contributed by atoms with E-state index in [1.54, 1.807) is 18.2 Å². The van der Waals surface area contributed by atoms with Crippen molar-refractivity contribution in [3.8, 4) is 5.75 Å². The van der Waals surface area contributed by atoms with Gasteiger partial charge in [0.1, 0.15) is 11.8 Å². The molecule has 3 rings (SSSR count). The minimum Gasteiger partial charge on any atom is -0.493 e. The van der Waals surface area contributed by atoms with Crippen LogP contribution in [0.4, 0.5) is 0 Å². The zero-order valence-corrected chi connectivity index (χ0v) is 18.7. The lowest BCUT2D eigenvalue weighted by atomic mass is 10.0. The summed E-state index contributed by atoms with van der Waals surface area (Å²) in [5.41, 5.74) is 1.73. The molecule has 6 nitrogen and oxygen atoms in total. The van der Waals surface area contributed by atoms with Gasteiger partial charge in [0.05, 0.1) is 12.2 Å². The molecular formula is C25H33N3O3. The maximum absolute atomic E-state index is 13.2. The van der Waals surface area contributed by atoms with Gasteiger partial charge >= 0.3 is 0 Å². The average Bonchev–Trinajstić information content (AvgIpc) is 2.78. The fourth-order valence-electron chi connectivity index (χ4n) is 3.83. The van der Waals surface area contributed by atoms with Crippen LogP contribution in [0.2, 0.25) is 0 Å². The van der Waals surface area contributed by atoms with Crippen LogP contribution in [0.25, 0.3) is 0 Å². The third kappa shape index (κ3) is 6.07. The quantitative estimate of drug-likeness (QED) is 0.708. The smallest absolute Gasteiger partial charge is 0.255 e. The fraction of sp³-hybridized carbons (Fsp3) is 0.440. The van der Waals surface area contributed by atoms with Gasteiger partial charge in [0.25, 0.3) is 5.91 Å². The number of piperazine rings is 1. The highest BCUT2D eigenvalue weighted by molar-refractivity contribution is 5.99. The molecule has 1 aliphatic heterocycles. The molecule has 1 heterocycles. The molecule has 0 aliphatic carbocycles. The Morgan fingerprint density at radius 2 is 1.61 bits per heavy atom. The Morgan fingerprint density at radius 1 is 0.968 bits per heavy atom. The van der Waals surface area contributed by atoms with E-state index in [4.69, 9.17) is 4.74 Å². The number of ether oxygens (including phenoxy) is 1. The Hall–Kier alpha value is -2.86. The Labute approximate surface area is 185 Å². The molecular weight excluding hydrogens is 390 g/mol. The van der Waals surface area contributed by atoms with Crippen molar-refractivity contribution in [2.45, 2.75) is 33.4 Å². The van der Waals surface area contributed by atoms with Gasteiger partial charge in [-0.3, -0.25) is 14.5 Å². The lowest BCUT2D eigenvalue weighted by Crippen LogP contribution is -2.56. The molecule has 0 aromatic heterocycles. The number of para-hydroxylation sites is 1. The molecule has 1 atom stereocenters. The number of benzene rings is 2. The highest BCUT2D eigenvalue weighted by Gasteiger charge is 2.31. The predicted octanol–water partition coefficient (Wildman–Crippen LogP) is 3.18. The number of hydrogen-bond donors (Lipinski definition) is 1. The normalized spacial score (nSPS) is 15.5. The third-order valence-corrected chi connectivity index (χ3v) is 5.58. The number of carbonyl (C=O) groups excluding carboxylic acids is 2. The van der Waals surface area contributed by atoms with E-state index in [1.165, 1.54) is 5.56 Å².